The number of nitrogens with one attached hydrogen (secondary N) is 1. The third-order valence-corrected chi connectivity index (χ3v) is 8.45. The standard InChI is InChI=1S/C31H33FN6O2/c1-4-25(39)36-21-12-9-19(10-13-21)28-26(27-29(33)34-18-35-30(27)37(28)3)20-11-14-23(24(32)15-20)31(16-40-17-31)38(5-2)22-7-6-8-22/h4,9-15,18,22H,1,5-8,16-17H2,2-3H3,(H,36,39)(H2,33,34,35). The first-order chi connectivity index (χ1) is 19.4. The Bertz CT molecular complexity index is 1600. The quantitative estimate of drug-likeness (QED) is 0.296. The van der Waals surface area contributed by atoms with Gasteiger partial charge in [-0.3, -0.25) is 9.69 Å². The van der Waals surface area contributed by atoms with E-state index < -0.39 is 5.54 Å². The van der Waals surface area contributed by atoms with Crippen LogP contribution in [0.2, 0.25) is 0 Å². The van der Waals surface area contributed by atoms with Gasteiger partial charge in [0.05, 0.1) is 29.8 Å². The number of hydrogen-bond donors (Lipinski definition) is 2. The van der Waals surface area contributed by atoms with Gasteiger partial charge in [0.1, 0.15) is 23.6 Å². The van der Waals surface area contributed by atoms with Crippen molar-refractivity contribution >= 4 is 28.4 Å². The lowest BCUT2D eigenvalue weighted by molar-refractivity contribution is -0.168. The maximum absolute atomic E-state index is 16.2. The van der Waals surface area contributed by atoms with Crippen LogP contribution in [0.1, 0.15) is 31.7 Å². The first-order valence-electron chi connectivity index (χ1n) is 13.7. The third kappa shape index (κ3) is 4.08. The normalized spacial score (nSPS) is 16.5. The van der Waals surface area contributed by atoms with Crippen LogP contribution in [0.25, 0.3) is 33.4 Å². The number of aryl methyl sites for hydroxylation is 1. The Morgan fingerprint density at radius 1 is 1.23 bits per heavy atom. The Morgan fingerprint density at radius 3 is 2.52 bits per heavy atom. The minimum atomic E-state index is -0.447. The summed E-state index contributed by atoms with van der Waals surface area (Å²) in [5.74, 6) is -0.225. The summed E-state index contributed by atoms with van der Waals surface area (Å²) in [7, 11) is 1.91. The van der Waals surface area contributed by atoms with Crippen molar-refractivity contribution in [3.05, 3.63) is 72.8 Å². The van der Waals surface area contributed by atoms with Crippen molar-refractivity contribution in [1.82, 2.24) is 19.4 Å². The van der Waals surface area contributed by atoms with Gasteiger partial charge < -0.3 is 20.4 Å². The highest BCUT2D eigenvalue weighted by Crippen LogP contribution is 2.45. The van der Waals surface area contributed by atoms with E-state index in [9.17, 15) is 4.79 Å². The molecule has 2 aliphatic rings. The number of ether oxygens (including phenoxy) is 1. The number of halogens is 1. The minimum Gasteiger partial charge on any atom is -0.383 e. The summed E-state index contributed by atoms with van der Waals surface area (Å²) in [5, 5.41) is 3.43. The van der Waals surface area contributed by atoms with Gasteiger partial charge in [0.25, 0.3) is 0 Å². The van der Waals surface area contributed by atoms with Crippen LogP contribution in [0, 0.1) is 5.82 Å². The lowest BCUT2D eigenvalue weighted by atomic mass is 9.80. The molecule has 9 heteroatoms. The topological polar surface area (TPSA) is 98.3 Å². The minimum absolute atomic E-state index is 0.264. The molecule has 2 aromatic heterocycles. The molecule has 1 aliphatic carbocycles. The number of rotatable bonds is 8. The molecule has 0 unspecified atom stereocenters. The fourth-order valence-electron chi connectivity index (χ4n) is 6.23. The number of nitrogens with zero attached hydrogens (tertiary/aromatic N) is 4. The van der Waals surface area contributed by atoms with Crippen LogP contribution in [0.15, 0.2) is 61.4 Å². The molecule has 206 valence electrons. The number of nitrogens with two attached hydrogens (primary N) is 1. The van der Waals surface area contributed by atoms with Gasteiger partial charge in [-0.15, -0.1) is 0 Å². The van der Waals surface area contributed by atoms with Crippen LogP contribution in [0.4, 0.5) is 15.9 Å². The van der Waals surface area contributed by atoms with Crippen molar-refractivity contribution in [3.8, 4) is 22.4 Å². The van der Waals surface area contributed by atoms with Crippen molar-refractivity contribution in [2.75, 3.05) is 30.8 Å². The lowest BCUT2D eigenvalue weighted by Crippen LogP contribution is -2.63. The summed E-state index contributed by atoms with van der Waals surface area (Å²) < 4.78 is 23.8. The molecule has 3 heterocycles. The van der Waals surface area contributed by atoms with Gasteiger partial charge >= 0.3 is 0 Å². The van der Waals surface area contributed by atoms with Crippen LogP contribution < -0.4 is 11.1 Å². The maximum Gasteiger partial charge on any atom is 0.247 e. The predicted octanol–water partition coefficient (Wildman–Crippen LogP) is 5.25. The predicted molar refractivity (Wildman–Crippen MR) is 155 cm³/mol. The molecule has 8 nitrogen and oxygen atoms in total. The molecule has 2 aromatic carbocycles. The molecule has 6 rings (SSSR count). The zero-order chi connectivity index (χ0) is 28.0. The third-order valence-electron chi connectivity index (χ3n) is 8.45. The molecule has 2 fully saturated rings. The number of likely N-dealkylation sites (N-methyl/N-ethyl adjacent to an activating group) is 1. The number of benzene rings is 2. The number of anilines is 2. The molecular formula is C31H33FN6O2. The summed E-state index contributed by atoms with van der Waals surface area (Å²) >= 11 is 0. The molecule has 1 aliphatic heterocycles. The molecule has 1 saturated carbocycles. The second-order valence-electron chi connectivity index (χ2n) is 10.6. The molecule has 0 atom stereocenters. The van der Waals surface area contributed by atoms with Crippen molar-refractivity contribution in [1.29, 1.82) is 0 Å². The first kappa shape index (κ1) is 26.2. The zero-order valence-corrected chi connectivity index (χ0v) is 22.8. The van der Waals surface area contributed by atoms with Gasteiger partial charge in [-0.05, 0) is 54.8 Å². The van der Waals surface area contributed by atoms with E-state index in [-0.39, 0.29) is 11.7 Å². The second kappa shape index (κ2) is 10.1. The Kier molecular flexibility index (Phi) is 6.64. The van der Waals surface area contributed by atoms with Crippen LogP contribution in [-0.2, 0) is 22.1 Å². The van der Waals surface area contributed by atoms with E-state index in [1.54, 1.807) is 6.07 Å². The highest BCUT2D eigenvalue weighted by Gasteiger charge is 2.50. The summed E-state index contributed by atoms with van der Waals surface area (Å²) in [5.41, 5.74) is 11.0. The highest BCUT2D eigenvalue weighted by atomic mass is 19.1. The number of fused-ring (bicyclic) bond motifs is 1. The summed E-state index contributed by atoms with van der Waals surface area (Å²) in [6.07, 6.45) is 6.16. The van der Waals surface area contributed by atoms with Gasteiger partial charge in [0.2, 0.25) is 5.91 Å². The number of carbonyl (C=O) groups is 1. The van der Waals surface area contributed by atoms with Crippen LogP contribution in [0.5, 0.6) is 0 Å². The van der Waals surface area contributed by atoms with E-state index in [0.717, 1.165) is 36.2 Å². The van der Waals surface area contributed by atoms with Crippen molar-refractivity contribution in [2.24, 2.45) is 7.05 Å². The Labute approximate surface area is 232 Å². The van der Waals surface area contributed by atoms with Crippen LogP contribution in [-0.4, -0.2) is 51.1 Å². The monoisotopic (exact) mass is 540 g/mol. The summed E-state index contributed by atoms with van der Waals surface area (Å²) in [4.78, 5) is 22.9. The number of carbonyl (C=O) groups excluding carboxylic acids is 1. The number of nitrogen functional groups attached to an aromatic ring is 1. The molecule has 1 amide bonds. The number of amides is 1. The SMILES string of the molecule is C=CC(=O)Nc1ccc(-c2c(-c3ccc(C4(N(CC)C5CCC5)COC4)c(F)c3)c3c(N)ncnc3n2C)cc1. The first-order valence-corrected chi connectivity index (χ1v) is 13.7. The van der Waals surface area contributed by atoms with Gasteiger partial charge in [0, 0.05) is 29.9 Å². The van der Waals surface area contributed by atoms with E-state index >= 15 is 4.39 Å². The average Bonchev–Trinajstić information content (AvgIpc) is 3.21. The average molecular weight is 541 g/mol. The fraction of sp³-hybridized carbons (Fsp3) is 0.323. The van der Waals surface area contributed by atoms with Gasteiger partial charge in [-0.25, -0.2) is 14.4 Å². The van der Waals surface area contributed by atoms with Crippen molar-refractivity contribution < 1.29 is 13.9 Å². The van der Waals surface area contributed by atoms with E-state index in [4.69, 9.17) is 10.5 Å². The largest absolute Gasteiger partial charge is 0.383 e. The molecule has 0 bridgehead atoms. The molecule has 0 spiro atoms. The van der Waals surface area contributed by atoms with Crippen molar-refractivity contribution in [2.45, 2.75) is 37.8 Å². The van der Waals surface area contributed by atoms with Crippen LogP contribution >= 0.6 is 0 Å². The van der Waals surface area contributed by atoms with E-state index in [1.807, 2.05) is 48.0 Å². The summed E-state index contributed by atoms with van der Waals surface area (Å²) in [6.45, 7) is 7.47. The van der Waals surface area contributed by atoms with Crippen molar-refractivity contribution in [3.63, 3.8) is 0 Å². The molecule has 3 N–H and O–H groups in total. The zero-order valence-electron chi connectivity index (χ0n) is 22.8. The van der Waals surface area contributed by atoms with E-state index in [0.29, 0.717) is 52.9 Å². The molecular weight excluding hydrogens is 507 g/mol. The highest BCUT2D eigenvalue weighted by molar-refractivity contribution is 6.08. The van der Waals surface area contributed by atoms with Gasteiger partial charge in [-0.2, -0.15) is 0 Å². The van der Waals surface area contributed by atoms with Crippen LogP contribution in [0.3, 0.4) is 0 Å². The Morgan fingerprint density at radius 2 is 1.95 bits per heavy atom. The molecule has 4 aromatic rings. The van der Waals surface area contributed by atoms with Gasteiger partial charge in [-0.1, -0.05) is 44.2 Å². The number of aromatic nitrogens is 3. The van der Waals surface area contributed by atoms with E-state index in [2.05, 4.69) is 33.7 Å². The second-order valence-corrected chi connectivity index (χ2v) is 10.6. The number of hydrogen-bond acceptors (Lipinski definition) is 6. The van der Waals surface area contributed by atoms with Gasteiger partial charge in [0.15, 0.2) is 0 Å². The molecule has 1 saturated heterocycles. The fourth-order valence-corrected chi connectivity index (χ4v) is 6.23. The maximum atomic E-state index is 16.2. The molecule has 40 heavy (non-hydrogen) atoms. The van der Waals surface area contributed by atoms with E-state index in [1.165, 1.54) is 18.8 Å². The lowest BCUT2D eigenvalue weighted by Gasteiger charge is -2.54. The summed E-state index contributed by atoms with van der Waals surface area (Å²) in [6, 6.07) is 13.4. The molecule has 0 radical (unpaired) electrons. The Hall–Kier alpha value is -4.08. The Balaban J connectivity index is 1.47. The smallest absolute Gasteiger partial charge is 0.247 e.